The molecule has 78 valence electrons. The molecule has 0 fully saturated rings. The summed E-state index contributed by atoms with van der Waals surface area (Å²) in [6.07, 6.45) is -4.68. The maximum absolute atomic E-state index is 12.3. The fourth-order valence-corrected chi connectivity index (χ4v) is 1.15. The summed E-state index contributed by atoms with van der Waals surface area (Å²) in [6, 6.07) is 0. The zero-order valence-electron chi connectivity index (χ0n) is 6.62. The van der Waals surface area contributed by atoms with Crippen molar-refractivity contribution in [2.45, 2.75) is 17.4 Å². The molecule has 0 spiro atoms. The molecule has 0 aromatic rings. The van der Waals surface area contributed by atoms with Crippen LogP contribution in [0.4, 0.5) is 13.2 Å². The molecule has 0 heterocycles. The molecule has 0 bridgehead atoms. The van der Waals surface area contributed by atoms with Crippen molar-refractivity contribution in [2.75, 3.05) is 11.9 Å². The molecular formula is C6H7Br2F3O2. The van der Waals surface area contributed by atoms with Crippen LogP contribution in [0.25, 0.3) is 0 Å². The summed E-state index contributed by atoms with van der Waals surface area (Å²) < 4.78 is 38.5. The number of halogens is 5. The lowest BCUT2D eigenvalue weighted by molar-refractivity contribution is -0.181. The standard InChI is InChI=1S/C6H7Br2F3O2/c1-2-13-4(12)5(8,3-7)6(9,10)11/h2-3H2,1H3. The lowest BCUT2D eigenvalue weighted by atomic mass is 10.2. The van der Waals surface area contributed by atoms with Gasteiger partial charge in [-0.3, -0.25) is 4.79 Å². The SMILES string of the molecule is CCOC(=O)C(Br)(CBr)C(F)(F)F. The Hall–Kier alpha value is 0.220. The molecule has 0 saturated heterocycles. The molecule has 0 aliphatic heterocycles. The molecule has 0 radical (unpaired) electrons. The fraction of sp³-hybridized carbons (Fsp3) is 0.833. The van der Waals surface area contributed by atoms with Gasteiger partial charge in [0.05, 0.1) is 6.61 Å². The van der Waals surface area contributed by atoms with E-state index >= 15 is 0 Å². The molecule has 7 heteroatoms. The van der Waals surface area contributed by atoms with Gasteiger partial charge in [-0.05, 0) is 6.92 Å². The van der Waals surface area contributed by atoms with Gasteiger partial charge in [-0.2, -0.15) is 13.2 Å². The Labute approximate surface area is 90.1 Å². The number of alkyl halides is 5. The first-order chi connectivity index (χ1) is 5.79. The van der Waals surface area contributed by atoms with Gasteiger partial charge in [0.25, 0.3) is 0 Å². The molecule has 0 amide bonds. The third kappa shape index (κ3) is 2.83. The Kier molecular flexibility index (Phi) is 4.71. The van der Waals surface area contributed by atoms with E-state index in [-0.39, 0.29) is 6.61 Å². The second-order valence-corrected chi connectivity index (χ2v) is 4.07. The summed E-state index contributed by atoms with van der Waals surface area (Å²) in [7, 11) is 0. The normalized spacial score (nSPS) is 16.5. The quantitative estimate of drug-likeness (QED) is 0.588. The Bertz CT molecular complexity index is 195. The monoisotopic (exact) mass is 326 g/mol. The molecule has 2 nitrogen and oxygen atoms in total. The summed E-state index contributed by atoms with van der Waals surface area (Å²) in [4.78, 5) is 10.9. The van der Waals surface area contributed by atoms with E-state index in [1.165, 1.54) is 6.92 Å². The second kappa shape index (κ2) is 4.63. The van der Waals surface area contributed by atoms with Gasteiger partial charge in [-0.25, -0.2) is 0 Å². The molecule has 0 aliphatic carbocycles. The third-order valence-corrected chi connectivity index (χ3v) is 3.88. The topological polar surface area (TPSA) is 26.3 Å². The minimum atomic E-state index is -4.68. The molecule has 1 atom stereocenters. The average Bonchev–Trinajstić information content (AvgIpc) is 2.01. The average molecular weight is 328 g/mol. The van der Waals surface area contributed by atoms with E-state index in [4.69, 9.17) is 0 Å². The van der Waals surface area contributed by atoms with E-state index < -0.39 is 21.8 Å². The predicted octanol–water partition coefficient (Wildman–Crippen LogP) is 2.64. The van der Waals surface area contributed by atoms with Gasteiger partial charge in [0.2, 0.25) is 4.32 Å². The van der Waals surface area contributed by atoms with E-state index in [0.717, 1.165) is 0 Å². The Morgan fingerprint density at radius 2 is 1.92 bits per heavy atom. The molecular weight excluding hydrogens is 321 g/mol. The van der Waals surface area contributed by atoms with Crippen LogP contribution in [0.1, 0.15) is 6.92 Å². The molecule has 0 rings (SSSR count). The fourth-order valence-electron chi connectivity index (χ4n) is 0.492. The van der Waals surface area contributed by atoms with Crippen LogP contribution in [0.2, 0.25) is 0 Å². The van der Waals surface area contributed by atoms with Crippen molar-refractivity contribution >= 4 is 37.8 Å². The zero-order chi connectivity index (χ0) is 10.7. The van der Waals surface area contributed by atoms with Crippen LogP contribution in [-0.4, -0.2) is 28.4 Å². The number of esters is 1. The van der Waals surface area contributed by atoms with Crippen molar-refractivity contribution < 1.29 is 22.7 Å². The Balaban J connectivity index is 4.73. The number of ether oxygens (including phenoxy) is 1. The van der Waals surface area contributed by atoms with Crippen LogP contribution < -0.4 is 0 Å². The molecule has 0 aromatic heterocycles. The first-order valence-corrected chi connectivity index (χ1v) is 5.20. The van der Waals surface area contributed by atoms with Crippen LogP contribution >= 0.6 is 31.9 Å². The maximum atomic E-state index is 12.3. The number of carbonyl (C=O) groups is 1. The van der Waals surface area contributed by atoms with E-state index in [1.54, 1.807) is 0 Å². The van der Waals surface area contributed by atoms with E-state index in [2.05, 4.69) is 36.6 Å². The minimum Gasteiger partial charge on any atom is -0.465 e. The van der Waals surface area contributed by atoms with Crippen molar-refractivity contribution in [3.05, 3.63) is 0 Å². The summed E-state index contributed by atoms with van der Waals surface area (Å²) in [5, 5.41) is -0.581. The highest BCUT2D eigenvalue weighted by Gasteiger charge is 2.59. The van der Waals surface area contributed by atoms with Crippen molar-refractivity contribution in [1.29, 1.82) is 0 Å². The van der Waals surface area contributed by atoms with Gasteiger partial charge in [0.15, 0.2) is 0 Å². The van der Waals surface area contributed by atoms with Crippen molar-refractivity contribution in [3.8, 4) is 0 Å². The number of carbonyl (C=O) groups excluding carboxylic acids is 1. The summed E-state index contributed by atoms with van der Waals surface area (Å²) in [5.41, 5.74) is 0. The van der Waals surface area contributed by atoms with Crippen LogP contribution in [0, 0.1) is 0 Å². The largest absolute Gasteiger partial charge is 0.465 e. The first kappa shape index (κ1) is 13.2. The molecule has 0 saturated carbocycles. The smallest absolute Gasteiger partial charge is 0.415 e. The lowest BCUT2D eigenvalue weighted by Crippen LogP contribution is -2.49. The van der Waals surface area contributed by atoms with Gasteiger partial charge in [-0.1, -0.05) is 31.9 Å². The van der Waals surface area contributed by atoms with Crippen LogP contribution in [-0.2, 0) is 9.53 Å². The van der Waals surface area contributed by atoms with Crippen molar-refractivity contribution in [2.24, 2.45) is 0 Å². The van der Waals surface area contributed by atoms with Gasteiger partial charge in [0, 0.05) is 5.33 Å². The molecule has 0 aliphatic rings. The summed E-state index contributed by atoms with van der Waals surface area (Å²) >= 11 is 4.94. The van der Waals surface area contributed by atoms with Crippen molar-refractivity contribution in [1.82, 2.24) is 0 Å². The van der Waals surface area contributed by atoms with Gasteiger partial charge < -0.3 is 4.74 Å². The van der Waals surface area contributed by atoms with E-state index in [0.29, 0.717) is 0 Å². The number of hydrogen-bond acceptors (Lipinski definition) is 2. The zero-order valence-corrected chi connectivity index (χ0v) is 9.79. The van der Waals surface area contributed by atoms with Crippen LogP contribution in [0.5, 0.6) is 0 Å². The second-order valence-electron chi connectivity index (χ2n) is 2.15. The molecule has 0 aromatic carbocycles. The molecule has 13 heavy (non-hydrogen) atoms. The minimum absolute atomic E-state index is 0.0880. The maximum Gasteiger partial charge on any atom is 0.415 e. The third-order valence-electron chi connectivity index (χ3n) is 1.23. The lowest BCUT2D eigenvalue weighted by Gasteiger charge is -2.25. The highest BCUT2D eigenvalue weighted by Crippen LogP contribution is 2.40. The van der Waals surface area contributed by atoms with Gasteiger partial charge in [0.1, 0.15) is 0 Å². The highest BCUT2D eigenvalue weighted by molar-refractivity contribution is 9.12. The van der Waals surface area contributed by atoms with Crippen molar-refractivity contribution in [3.63, 3.8) is 0 Å². The summed E-state index contributed by atoms with van der Waals surface area (Å²) in [6.45, 7) is 1.35. The Morgan fingerprint density at radius 1 is 1.46 bits per heavy atom. The van der Waals surface area contributed by atoms with Crippen LogP contribution in [0.15, 0.2) is 0 Å². The van der Waals surface area contributed by atoms with Gasteiger partial charge in [-0.15, -0.1) is 0 Å². The molecule has 0 N–H and O–H groups in total. The number of rotatable bonds is 3. The predicted molar refractivity (Wildman–Crippen MR) is 48.1 cm³/mol. The number of hydrogen-bond donors (Lipinski definition) is 0. The van der Waals surface area contributed by atoms with Gasteiger partial charge >= 0.3 is 12.1 Å². The van der Waals surface area contributed by atoms with E-state index in [9.17, 15) is 18.0 Å². The highest BCUT2D eigenvalue weighted by atomic mass is 79.9. The first-order valence-electron chi connectivity index (χ1n) is 3.28. The Morgan fingerprint density at radius 3 is 2.15 bits per heavy atom. The van der Waals surface area contributed by atoms with Crippen LogP contribution in [0.3, 0.4) is 0 Å². The van der Waals surface area contributed by atoms with E-state index in [1.807, 2.05) is 0 Å². The summed E-state index contributed by atoms with van der Waals surface area (Å²) in [5.74, 6) is -1.33. The molecule has 1 unspecified atom stereocenters.